The summed E-state index contributed by atoms with van der Waals surface area (Å²) < 4.78 is 10.8. The van der Waals surface area contributed by atoms with Crippen molar-refractivity contribution in [3.8, 4) is 5.75 Å². The molecule has 4 heteroatoms. The first kappa shape index (κ1) is 24.4. The van der Waals surface area contributed by atoms with Gasteiger partial charge in [-0.15, -0.1) is 0 Å². The fourth-order valence-corrected chi connectivity index (χ4v) is 3.32. The Balaban J connectivity index is 1.46. The van der Waals surface area contributed by atoms with E-state index in [2.05, 4.69) is 6.58 Å². The maximum absolute atomic E-state index is 12.4. The molecule has 0 atom stereocenters. The van der Waals surface area contributed by atoms with Gasteiger partial charge in [-0.3, -0.25) is 4.79 Å². The number of hydrogen-bond donors (Lipinski definition) is 0. The van der Waals surface area contributed by atoms with Crippen LogP contribution >= 0.6 is 0 Å². The van der Waals surface area contributed by atoms with Gasteiger partial charge in [0.2, 0.25) is 0 Å². The Kier molecular flexibility index (Phi) is 11.8. The Morgan fingerprint density at radius 2 is 1.19 bits per heavy atom. The van der Waals surface area contributed by atoms with Crippen LogP contribution in [0.4, 0.5) is 0 Å². The maximum atomic E-state index is 12.4. The number of carbonyl (C=O) groups excluding carboxylic acids is 2. The molecule has 0 unspecified atom stereocenters. The largest absolute Gasteiger partial charge is 0.494 e. The van der Waals surface area contributed by atoms with Crippen LogP contribution in [-0.2, 0) is 9.53 Å². The summed E-state index contributed by atoms with van der Waals surface area (Å²) in [5.41, 5.74) is 1.38. The minimum absolute atomic E-state index is 0.0308. The monoisotopic (exact) mass is 422 g/mol. The summed E-state index contributed by atoms with van der Waals surface area (Å²) in [6.45, 7) is 4.58. The van der Waals surface area contributed by atoms with Gasteiger partial charge in [0.05, 0.1) is 13.2 Å². The third kappa shape index (κ3) is 10.1. The number of ether oxygens (including phenoxy) is 2. The molecule has 31 heavy (non-hydrogen) atoms. The molecule has 0 aromatic heterocycles. The van der Waals surface area contributed by atoms with E-state index >= 15 is 0 Å². The Morgan fingerprint density at radius 1 is 0.677 bits per heavy atom. The van der Waals surface area contributed by atoms with E-state index in [1.54, 1.807) is 0 Å². The van der Waals surface area contributed by atoms with E-state index in [1.165, 1.54) is 44.6 Å². The topological polar surface area (TPSA) is 52.6 Å². The Hall–Kier alpha value is -2.88. The number of unbranched alkanes of at least 4 members (excludes halogenated alkanes) is 8. The number of benzene rings is 2. The molecular weight excluding hydrogens is 388 g/mol. The number of ketones is 1. The van der Waals surface area contributed by atoms with Crippen molar-refractivity contribution in [2.45, 2.75) is 57.8 Å². The van der Waals surface area contributed by atoms with E-state index in [4.69, 9.17) is 9.47 Å². The van der Waals surface area contributed by atoms with Gasteiger partial charge in [0, 0.05) is 17.2 Å². The van der Waals surface area contributed by atoms with E-state index in [9.17, 15) is 9.59 Å². The van der Waals surface area contributed by atoms with Crippen molar-refractivity contribution in [2.75, 3.05) is 13.2 Å². The summed E-state index contributed by atoms with van der Waals surface area (Å²) in [6, 6.07) is 16.7. The molecule has 0 saturated heterocycles. The number of rotatable bonds is 16. The number of hydrogen-bond acceptors (Lipinski definition) is 4. The van der Waals surface area contributed by atoms with Crippen LogP contribution < -0.4 is 4.74 Å². The standard InChI is InChI=1S/C27H34O4/c1-2-26(28)31-22-14-9-7-5-3-4-6-8-13-21-30-25-19-17-24(18-20-25)27(29)23-15-11-10-12-16-23/h2,10-12,15-20H,1,3-9,13-14,21-22H2. The lowest BCUT2D eigenvalue weighted by Crippen LogP contribution is -2.01. The molecular formula is C27H34O4. The smallest absolute Gasteiger partial charge is 0.330 e. The molecule has 0 amide bonds. The predicted octanol–water partition coefficient (Wildman–Crippen LogP) is 6.54. The normalized spacial score (nSPS) is 10.5. The van der Waals surface area contributed by atoms with E-state index < -0.39 is 0 Å². The molecule has 0 aliphatic rings. The van der Waals surface area contributed by atoms with Crippen LogP contribution in [0.5, 0.6) is 5.75 Å². The molecule has 0 aliphatic carbocycles. The lowest BCUT2D eigenvalue weighted by atomic mass is 10.0. The van der Waals surface area contributed by atoms with E-state index in [1.807, 2.05) is 54.6 Å². The number of carbonyl (C=O) groups is 2. The first-order valence-corrected chi connectivity index (χ1v) is 11.3. The summed E-state index contributed by atoms with van der Waals surface area (Å²) in [5, 5.41) is 0. The van der Waals surface area contributed by atoms with Gasteiger partial charge in [0.15, 0.2) is 5.78 Å². The molecule has 0 aliphatic heterocycles. The van der Waals surface area contributed by atoms with E-state index in [-0.39, 0.29) is 11.8 Å². The maximum Gasteiger partial charge on any atom is 0.330 e. The highest BCUT2D eigenvalue weighted by Gasteiger charge is 2.08. The van der Waals surface area contributed by atoms with Gasteiger partial charge >= 0.3 is 5.97 Å². The molecule has 0 heterocycles. The zero-order valence-electron chi connectivity index (χ0n) is 18.4. The molecule has 0 N–H and O–H groups in total. The Labute approximate surface area is 186 Å². The van der Waals surface area contributed by atoms with Gasteiger partial charge in [-0.05, 0) is 37.1 Å². The fraction of sp³-hybridized carbons (Fsp3) is 0.407. The van der Waals surface area contributed by atoms with Crippen molar-refractivity contribution < 1.29 is 19.1 Å². The second kappa shape index (κ2) is 15.0. The molecule has 166 valence electrons. The van der Waals surface area contributed by atoms with Crippen LogP contribution in [0.2, 0.25) is 0 Å². The summed E-state index contributed by atoms with van der Waals surface area (Å²) in [4.78, 5) is 23.3. The molecule has 0 saturated carbocycles. The summed E-state index contributed by atoms with van der Waals surface area (Å²) >= 11 is 0. The first-order valence-electron chi connectivity index (χ1n) is 11.3. The van der Waals surface area contributed by atoms with Crippen molar-refractivity contribution in [3.63, 3.8) is 0 Å². The highest BCUT2D eigenvalue weighted by atomic mass is 16.5. The second-order valence-electron chi connectivity index (χ2n) is 7.62. The highest BCUT2D eigenvalue weighted by Crippen LogP contribution is 2.16. The minimum atomic E-state index is -0.334. The average Bonchev–Trinajstić information content (AvgIpc) is 2.82. The van der Waals surface area contributed by atoms with Crippen LogP contribution in [0.25, 0.3) is 0 Å². The van der Waals surface area contributed by atoms with Crippen LogP contribution in [0.15, 0.2) is 67.3 Å². The zero-order chi connectivity index (χ0) is 22.2. The zero-order valence-corrected chi connectivity index (χ0v) is 18.4. The number of esters is 1. The summed E-state index contributed by atoms with van der Waals surface area (Å²) in [6.07, 6.45) is 11.6. The van der Waals surface area contributed by atoms with Gasteiger partial charge in [-0.2, -0.15) is 0 Å². The van der Waals surface area contributed by atoms with Crippen LogP contribution in [0, 0.1) is 0 Å². The van der Waals surface area contributed by atoms with Gasteiger partial charge < -0.3 is 9.47 Å². The van der Waals surface area contributed by atoms with Crippen molar-refractivity contribution in [1.29, 1.82) is 0 Å². The van der Waals surface area contributed by atoms with Crippen molar-refractivity contribution in [1.82, 2.24) is 0 Å². The Bertz CT molecular complexity index is 781. The molecule has 0 radical (unpaired) electrons. The van der Waals surface area contributed by atoms with Crippen molar-refractivity contribution >= 4 is 11.8 Å². The first-order chi connectivity index (χ1) is 15.2. The molecule has 4 nitrogen and oxygen atoms in total. The van der Waals surface area contributed by atoms with Gasteiger partial charge in [-0.25, -0.2) is 4.79 Å². The third-order valence-electron chi connectivity index (χ3n) is 5.12. The average molecular weight is 423 g/mol. The van der Waals surface area contributed by atoms with E-state index in [0.717, 1.165) is 25.0 Å². The Morgan fingerprint density at radius 3 is 1.77 bits per heavy atom. The second-order valence-corrected chi connectivity index (χ2v) is 7.62. The molecule has 2 aromatic rings. The SMILES string of the molecule is C=CC(=O)OCCCCCCCCCCCOc1ccc(C(=O)c2ccccc2)cc1. The fourth-order valence-electron chi connectivity index (χ4n) is 3.32. The van der Waals surface area contributed by atoms with Crippen molar-refractivity contribution in [3.05, 3.63) is 78.4 Å². The summed E-state index contributed by atoms with van der Waals surface area (Å²) in [7, 11) is 0. The van der Waals surface area contributed by atoms with Crippen LogP contribution in [0.1, 0.15) is 73.7 Å². The van der Waals surface area contributed by atoms with Crippen LogP contribution in [0.3, 0.4) is 0 Å². The lowest BCUT2D eigenvalue weighted by Gasteiger charge is -2.07. The van der Waals surface area contributed by atoms with Gasteiger partial charge in [0.1, 0.15) is 5.75 Å². The van der Waals surface area contributed by atoms with Gasteiger partial charge in [0.25, 0.3) is 0 Å². The highest BCUT2D eigenvalue weighted by molar-refractivity contribution is 6.08. The van der Waals surface area contributed by atoms with Crippen molar-refractivity contribution in [2.24, 2.45) is 0 Å². The molecule has 0 spiro atoms. The van der Waals surface area contributed by atoms with E-state index in [0.29, 0.717) is 24.3 Å². The quantitative estimate of drug-likeness (QED) is 0.133. The molecule has 0 fully saturated rings. The molecule has 0 bridgehead atoms. The summed E-state index contributed by atoms with van der Waals surface area (Å²) in [5.74, 6) is 0.505. The molecule has 2 rings (SSSR count). The molecule has 2 aromatic carbocycles. The minimum Gasteiger partial charge on any atom is -0.494 e. The lowest BCUT2D eigenvalue weighted by molar-refractivity contribution is -0.137. The third-order valence-corrected chi connectivity index (χ3v) is 5.12. The predicted molar refractivity (Wildman–Crippen MR) is 125 cm³/mol. The van der Waals surface area contributed by atoms with Crippen LogP contribution in [-0.4, -0.2) is 25.0 Å². The van der Waals surface area contributed by atoms with Gasteiger partial charge in [-0.1, -0.05) is 81.9 Å².